The number of nitrogens with one attached hydrogen (secondary N) is 1. The monoisotopic (exact) mass is 178 g/mol. The fraction of sp³-hybridized carbons (Fsp3) is 0.455. The van der Waals surface area contributed by atoms with E-state index in [1.54, 1.807) is 0 Å². The number of para-hydroxylation sites is 1. The van der Waals surface area contributed by atoms with Crippen LogP contribution in [0.25, 0.3) is 0 Å². The normalized spacial score (nSPS) is 15.0. The summed E-state index contributed by atoms with van der Waals surface area (Å²) < 4.78 is 0. The summed E-state index contributed by atoms with van der Waals surface area (Å²) in [6.07, 6.45) is 0.979. The summed E-state index contributed by atoms with van der Waals surface area (Å²) in [7, 11) is 0. The van der Waals surface area contributed by atoms with E-state index in [2.05, 4.69) is 19.2 Å². The Kier molecular flexibility index (Phi) is 3.32. The third kappa shape index (κ3) is 3.47. The summed E-state index contributed by atoms with van der Waals surface area (Å²) in [6, 6.07) is 10.1. The third-order valence-electron chi connectivity index (χ3n) is 2.28. The van der Waals surface area contributed by atoms with Gasteiger partial charge in [0.25, 0.3) is 0 Å². The van der Waals surface area contributed by atoms with E-state index in [1.165, 1.54) is 0 Å². The predicted molar refractivity (Wildman–Crippen MR) is 57.8 cm³/mol. The van der Waals surface area contributed by atoms with E-state index < -0.39 is 0 Å². The van der Waals surface area contributed by atoms with Crippen molar-refractivity contribution in [2.24, 2.45) is 5.73 Å². The van der Waals surface area contributed by atoms with Gasteiger partial charge in [-0.25, -0.2) is 0 Å². The summed E-state index contributed by atoms with van der Waals surface area (Å²) in [5, 5.41) is 3.31. The Hall–Kier alpha value is -1.02. The minimum atomic E-state index is -0.115. The molecule has 1 aromatic carbocycles. The predicted octanol–water partition coefficient (Wildman–Crippen LogP) is 2.23. The second-order valence-corrected chi connectivity index (χ2v) is 3.73. The van der Waals surface area contributed by atoms with Crippen molar-refractivity contribution in [1.29, 1.82) is 0 Å². The molecule has 0 heterocycles. The second-order valence-electron chi connectivity index (χ2n) is 3.73. The molecule has 0 amide bonds. The van der Waals surface area contributed by atoms with E-state index in [9.17, 15) is 0 Å². The third-order valence-corrected chi connectivity index (χ3v) is 2.28. The van der Waals surface area contributed by atoms with Crippen molar-refractivity contribution in [3.8, 4) is 0 Å². The van der Waals surface area contributed by atoms with Crippen LogP contribution in [-0.2, 0) is 0 Å². The number of benzene rings is 1. The van der Waals surface area contributed by atoms with Gasteiger partial charge in [0.2, 0.25) is 0 Å². The van der Waals surface area contributed by atoms with E-state index in [-0.39, 0.29) is 5.54 Å². The van der Waals surface area contributed by atoms with Crippen molar-refractivity contribution in [3.63, 3.8) is 0 Å². The summed E-state index contributed by atoms with van der Waals surface area (Å²) >= 11 is 0. The largest absolute Gasteiger partial charge is 0.383 e. The summed E-state index contributed by atoms with van der Waals surface area (Å²) in [4.78, 5) is 0. The molecule has 0 saturated heterocycles. The molecule has 2 nitrogen and oxygen atoms in total. The molecule has 2 heteroatoms. The summed E-state index contributed by atoms with van der Waals surface area (Å²) in [6.45, 7) is 4.98. The average Bonchev–Trinajstić information content (AvgIpc) is 2.17. The molecule has 72 valence electrons. The van der Waals surface area contributed by atoms with Gasteiger partial charge in [0.05, 0.1) is 0 Å². The molecular weight excluding hydrogens is 160 g/mol. The molecule has 3 N–H and O–H groups in total. The zero-order chi connectivity index (χ0) is 9.73. The Labute approximate surface area is 80.1 Å². The molecule has 1 aromatic rings. The fourth-order valence-corrected chi connectivity index (χ4v) is 0.985. The molecule has 0 aliphatic carbocycles. The minimum absolute atomic E-state index is 0.115. The number of rotatable bonds is 4. The number of hydrogen-bond donors (Lipinski definition) is 2. The van der Waals surface area contributed by atoms with Crippen molar-refractivity contribution < 1.29 is 0 Å². The van der Waals surface area contributed by atoms with Crippen LogP contribution < -0.4 is 11.1 Å². The number of anilines is 1. The second kappa shape index (κ2) is 4.28. The van der Waals surface area contributed by atoms with Crippen molar-refractivity contribution in [3.05, 3.63) is 30.3 Å². The van der Waals surface area contributed by atoms with Gasteiger partial charge in [-0.2, -0.15) is 0 Å². The summed E-state index contributed by atoms with van der Waals surface area (Å²) in [5.74, 6) is 0. The Morgan fingerprint density at radius 1 is 1.31 bits per heavy atom. The summed E-state index contributed by atoms with van der Waals surface area (Å²) in [5.41, 5.74) is 7.02. The highest BCUT2D eigenvalue weighted by atomic mass is 14.9. The lowest BCUT2D eigenvalue weighted by Crippen LogP contribution is -2.42. The lowest BCUT2D eigenvalue weighted by molar-refractivity contribution is 0.478. The molecule has 0 spiro atoms. The van der Waals surface area contributed by atoms with E-state index >= 15 is 0 Å². The van der Waals surface area contributed by atoms with Gasteiger partial charge in [0.15, 0.2) is 0 Å². The van der Waals surface area contributed by atoms with E-state index in [1.807, 2.05) is 30.3 Å². The lowest BCUT2D eigenvalue weighted by Gasteiger charge is -2.23. The van der Waals surface area contributed by atoms with Gasteiger partial charge in [-0.15, -0.1) is 0 Å². The van der Waals surface area contributed by atoms with Gasteiger partial charge >= 0.3 is 0 Å². The van der Waals surface area contributed by atoms with Crippen LogP contribution in [0.5, 0.6) is 0 Å². The van der Waals surface area contributed by atoms with Crippen LogP contribution in [0, 0.1) is 0 Å². The van der Waals surface area contributed by atoms with Gasteiger partial charge < -0.3 is 11.1 Å². The van der Waals surface area contributed by atoms with Crippen LogP contribution in [0.1, 0.15) is 20.3 Å². The number of nitrogens with two attached hydrogens (primary N) is 1. The molecule has 0 radical (unpaired) electrons. The molecular formula is C11H18N2. The van der Waals surface area contributed by atoms with Crippen molar-refractivity contribution in [2.45, 2.75) is 25.8 Å². The van der Waals surface area contributed by atoms with Gasteiger partial charge in [0, 0.05) is 17.8 Å². The average molecular weight is 178 g/mol. The maximum absolute atomic E-state index is 6.00. The zero-order valence-corrected chi connectivity index (χ0v) is 8.38. The smallest absolute Gasteiger partial charge is 0.0340 e. The van der Waals surface area contributed by atoms with Crippen LogP contribution in [0.2, 0.25) is 0 Å². The Balaban J connectivity index is 2.44. The van der Waals surface area contributed by atoms with Gasteiger partial charge in [0.1, 0.15) is 0 Å². The highest BCUT2D eigenvalue weighted by molar-refractivity contribution is 5.42. The number of hydrogen-bond acceptors (Lipinski definition) is 2. The molecule has 1 atom stereocenters. The Bertz CT molecular complexity index is 242. The fourth-order valence-electron chi connectivity index (χ4n) is 0.985. The van der Waals surface area contributed by atoms with Crippen LogP contribution in [0.3, 0.4) is 0 Å². The quantitative estimate of drug-likeness (QED) is 0.742. The molecule has 0 bridgehead atoms. The van der Waals surface area contributed by atoms with Crippen molar-refractivity contribution in [2.75, 3.05) is 11.9 Å². The first-order chi connectivity index (χ1) is 6.14. The first-order valence-corrected chi connectivity index (χ1v) is 4.72. The Morgan fingerprint density at radius 3 is 2.46 bits per heavy atom. The van der Waals surface area contributed by atoms with E-state index in [0.29, 0.717) is 0 Å². The maximum Gasteiger partial charge on any atom is 0.0340 e. The highest BCUT2D eigenvalue weighted by Crippen LogP contribution is 2.09. The van der Waals surface area contributed by atoms with E-state index in [0.717, 1.165) is 18.7 Å². The van der Waals surface area contributed by atoms with Crippen LogP contribution in [0.4, 0.5) is 5.69 Å². The standard InChI is InChI=1S/C11H18N2/c1-3-11(2,12)9-13-10-7-5-4-6-8-10/h4-8,13H,3,9,12H2,1-2H3. The first kappa shape index (κ1) is 10.1. The molecule has 0 aliphatic heterocycles. The SMILES string of the molecule is CCC(C)(N)CNc1ccccc1. The van der Waals surface area contributed by atoms with Crippen molar-refractivity contribution in [1.82, 2.24) is 0 Å². The molecule has 0 fully saturated rings. The lowest BCUT2D eigenvalue weighted by atomic mass is 10.0. The molecule has 0 aliphatic rings. The van der Waals surface area contributed by atoms with Crippen LogP contribution >= 0.6 is 0 Å². The van der Waals surface area contributed by atoms with Crippen LogP contribution in [-0.4, -0.2) is 12.1 Å². The zero-order valence-electron chi connectivity index (χ0n) is 8.38. The van der Waals surface area contributed by atoms with Gasteiger partial charge in [-0.3, -0.25) is 0 Å². The highest BCUT2D eigenvalue weighted by Gasteiger charge is 2.14. The Morgan fingerprint density at radius 2 is 1.92 bits per heavy atom. The molecule has 0 saturated carbocycles. The maximum atomic E-state index is 6.00. The topological polar surface area (TPSA) is 38.0 Å². The minimum Gasteiger partial charge on any atom is -0.383 e. The van der Waals surface area contributed by atoms with Crippen LogP contribution in [0.15, 0.2) is 30.3 Å². The first-order valence-electron chi connectivity index (χ1n) is 4.72. The molecule has 0 aromatic heterocycles. The van der Waals surface area contributed by atoms with E-state index in [4.69, 9.17) is 5.73 Å². The molecule has 1 rings (SSSR count). The van der Waals surface area contributed by atoms with Crippen molar-refractivity contribution >= 4 is 5.69 Å². The van der Waals surface area contributed by atoms with Gasteiger partial charge in [-0.1, -0.05) is 25.1 Å². The molecule has 13 heavy (non-hydrogen) atoms. The van der Waals surface area contributed by atoms with Gasteiger partial charge in [-0.05, 0) is 25.5 Å². The molecule has 1 unspecified atom stereocenters.